The first-order valence-corrected chi connectivity index (χ1v) is 15.3. The van der Waals surface area contributed by atoms with Crippen LogP contribution in [0.5, 0.6) is 5.75 Å². The van der Waals surface area contributed by atoms with Gasteiger partial charge in [-0.3, -0.25) is 4.79 Å². The minimum Gasteiger partial charge on any atom is -0.508 e. The lowest BCUT2D eigenvalue weighted by atomic mass is 9.89. The SMILES string of the molecule is CC(=O)NCc1cccc(-c2cccc(C3OC(CN(C)CC(O)c4cccc(O)c4)C(C)C(c4ccc(CO)cc4)O3)c2)c1. The molecule has 5 rings (SSSR count). The molecule has 0 aromatic heterocycles. The Morgan fingerprint density at radius 2 is 1.60 bits per heavy atom. The first kappa shape index (κ1) is 32.3. The van der Waals surface area contributed by atoms with Gasteiger partial charge in [0.25, 0.3) is 0 Å². The number of aliphatic hydroxyl groups is 2. The van der Waals surface area contributed by atoms with Gasteiger partial charge >= 0.3 is 0 Å². The van der Waals surface area contributed by atoms with Crippen LogP contribution in [-0.2, 0) is 27.4 Å². The third kappa shape index (κ3) is 8.36. The Morgan fingerprint density at radius 1 is 0.889 bits per heavy atom. The van der Waals surface area contributed by atoms with E-state index in [0.717, 1.165) is 33.4 Å². The lowest BCUT2D eigenvalue weighted by Crippen LogP contribution is -2.44. The van der Waals surface area contributed by atoms with Crippen LogP contribution < -0.4 is 5.32 Å². The average molecular weight is 611 g/mol. The van der Waals surface area contributed by atoms with E-state index in [1.807, 2.05) is 72.6 Å². The van der Waals surface area contributed by atoms with Crippen molar-refractivity contribution in [3.8, 4) is 16.9 Å². The molecule has 0 spiro atoms. The van der Waals surface area contributed by atoms with Crippen LogP contribution in [0.3, 0.4) is 0 Å². The Bertz CT molecular complexity index is 1580. The average Bonchev–Trinajstić information content (AvgIpc) is 3.05. The van der Waals surface area contributed by atoms with Crippen molar-refractivity contribution in [1.29, 1.82) is 0 Å². The number of benzene rings is 4. The summed E-state index contributed by atoms with van der Waals surface area (Å²) in [5.41, 5.74) is 6.42. The van der Waals surface area contributed by atoms with Gasteiger partial charge in [-0.2, -0.15) is 0 Å². The highest BCUT2D eigenvalue weighted by molar-refractivity contribution is 5.73. The fourth-order valence-corrected chi connectivity index (χ4v) is 5.79. The van der Waals surface area contributed by atoms with Crippen LogP contribution in [-0.4, -0.2) is 52.4 Å². The molecule has 1 heterocycles. The van der Waals surface area contributed by atoms with Crippen molar-refractivity contribution in [2.24, 2.45) is 5.92 Å². The standard InChI is InChI=1S/C37H42N2O6/c1-24-35(22-39(3)21-34(43)31-10-6-12-33(42)19-31)44-37(45-36(24)28-15-13-26(23-40)14-16-28)32-11-5-9-30(18-32)29-8-4-7-27(17-29)20-38-25(2)41/h4-19,24,34-37,40,42-43H,20-23H2,1-3H3,(H,38,41). The summed E-state index contributed by atoms with van der Waals surface area (Å²) in [4.78, 5) is 13.5. The molecule has 4 aromatic rings. The maximum Gasteiger partial charge on any atom is 0.217 e. The number of amides is 1. The predicted molar refractivity (Wildman–Crippen MR) is 173 cm³/mol. The largest absolute Gasteiger partial charge is 0.508 e. The molecule has 1 saturated heterocycles. The third-order valence-electron chi connectivity index (χ3n) is 8.32. The van der Waals surface area contributed by atoms with E-state index in [2.05, 4.69) is 24.4 Å². The Hall–Kier alpha value is -4.05. The van der Waals surface area contributed by atoms with Gasteiger partial charge in [-0.05, 0) is 64.7 Å². The zero-order chi connectivity index (χ0) is 31.9. The number of ether oxygens (including phenoxy) is 2. The van der Waals surface area contributed by atoms with Gasteiger partial charge in [0.15, 0.2) is 6.29 Å². The van der Waals surface area contributed by atoms with E-state index >= 15 is 0 Å². The molecule has 1 amide bonds. The van der Waals surface area contributed by atoms with Crippen molar-refractivity contribution in [3.05, 3.63) is 125 Å². The lowest BCUT2D eigenvalue weighted by molar-refractivity contribution is -0.276. The van der Waals surface area contributed by atoms with Crippen LogP contribution in [0.1, 0.15) is 60.2 Å². The molecule has 1 aliphatic rings. The Kier molecular flexibility index (Phi) is 10.7. The maximum atomic E-state index is 11.4. The van der Waals surface area contributed by atoms with Crippen molar-refractivity contribution in [2.75, 3.05) is 20.1 Å². The molecule has 236 valence electrons. The second kappa shape index (κ2) is 14.8. The summed E-state index contributed by atoms with van der Waals surface area (Å²) in [6, 6.07) is 30.7. The quantitative estimate of drug-likeness (QED) is 0.174. The summed E-state index contributed by atoms with van der Waals surface area (Å²) >= 11 is 0. The van der Waals surface area contributed by atoms with E-state index in [9.17, 15) is 20.1 Å². The number of phenols is 1. The van der Waals surface area contributed by atoms with E-state index < -0.39 is 12.4 Å². The molecule has 5 atom stereocenters. The molecule has 0 bridgehead atoms. The minimum absolute atomic E-state index is 0.0183. The summed E-state index contributed by atoms with van der Waals surface area (Å²) in [5, 5.41) is 33.2. The third-order valence-corrected chi connectivity index (χ3v) is 8.32. The van der Waals surface area contributed by atoms with E-state index in [1.165, 1.54) is 6.92 Å². The number of nitrogens with zero attached hydrogens (tertiary/aromatic N) is 1. The van der Waals surface area contributed by atoms with E-state index in [-0.39, 0.29) is 36.4 Å². The molecule has 1 aliphatic heterocycles. The minimum atomic E-state index is -0.770. The molecule has 8 heteroatoms. The van der Waals surface area contributed by atoms with Gasteiger partial charge in [-0.1, -0.05) is 79.7 Å². The summed E-state index contributed by atoms with van der Waals surface area (Å²) < 4.78 is 13.3. The van der Waals surface area contributed by atoms with Gasteiger partial charge in [-0.25, -0.2) is 0 Å². The number of carbonyl (C=O) groups is 1. The monoisotopic (exact) mass is 610 g/mol. The van der Waals surface area contributed by atoms with E-state index in [0.29, 0.717) is 25.2 Å². The van der Waals surface area contributed by atoms with Crippen LogP contribution in [0.2, 0.25) is 0 Å². The molecule has 45 heavy (non-hydrogen) atoms. The topological polar surface area (TPSA) is 111 Å². The van der Waals surface area contributed by atoms with E-state index in [1.54, 1.807) is 24.3 Å². The van der Waals surface area contributed by atoms with Crippen LogP contribution >= 0.6 is 0 Å². The van der Waals surface area contributed by atoms with Crippen LogP contribution in [0.25, 0.3) is 11.1 Å². The van der Waals surface area contributed by atoms with Crippen molar-refractivity contribution in [1.82, 2.24) is 10.2 Å². The second-order valence-electron chi connectivity index (χ2n) is 11.9. The Morgan fingerprint density at radius 3 is 2.31 bits per heavy atom. The van der Waals surface area contributed by atoms with E-state index in [4.69, 9.17) is 9.47 Å². The molecule has 5 unspecified atom stereocenters. The molecule has 4 aromatic carbocycles. The Labute approximate surface area is 264 Å². The van der Waals surface area contributed by atoms with Gasteiger partial charge in [0.05, 0.1) is 24.9 Å². The summed E-state index contributed by atoms with van der Waals surface area (Å²) in [5.74, 6) is 0.0308. The molecule has 0 radical (unpaired) electrons. The molecule has 1 fully saturated rings. The molecule has 0 saturated carbocycles. The van der Waals surface area contributed by atoms with Crippen molar-refractivity contribution < 1.29 is 29.6 Å². The zero-order valence-electron chi connectivity index (χ0n) is 26.0. The number of hydrogen-bond donors (Lipinski definition) is 4. The summed E-state index contributed by atoms with van der Waals surface area (Å²) in [7, 11) is 1.95. The first-order valence-electron chi connectivity index (χ1n) is 15.3. The smallest absolute Gasteiger partial charge is 0.217 e. The zero-order valence-corrected chi connectivity index (χ0v) is 26.0. The number of aliphatic hydroxyl groups excluding tert-OH is 2. The number of nitrogens with one attached hydrogen (secondary N) is 1. The van der Waals surface area contributed by atoms with Gasteiger partial charge in [-0.15, -0.1) is 0 Å². The van der Waals surface area contributed by atoms with Gasteiger partial charge in [0.2, 0.25) is 5.91 Å². The van der Waals surface area contributed by atoms with Crippen molar-refractivity contribution >= 4 is 5.91 Å². The maximum absolute atomic E-state index is 11.4. The Balaban J connectivity index is 1.39. The molecular formula is C37H42N2O6. The molecule has 8 nitrogen and oxygen atoms in total. The van der Waals surface area contributed by atoms with Crippen LogP contribution in [0.15, 0.2) is 97.1 Å². The fraction of sp³-hybridized carbons (Fsp3) is 0.324. The fourth-order valence-electron chi connectivity index (χ4n) is 5.79. The van der Waals surface area contributed by atoms with Crippen LogP contribution in [0.4, 0.5) is 0 Å². The number of likely N-dealkylation sites (N-methyl/N-ethyl adjacent to an activating group) is 1. The normalized spacial score (nSPS) is 20.6. The van der Waals surface area contributed by atoms with Gasteiger partial charge in [0.1, 0.15) is 5.75 Å². The number of phenolic OH excluding ortho intramolecular Hbond substituents is 1. The molecular weight excluding hydrogens is 568 g/mol. The van der Waals surface area contributed by atoms with Crippen molar-refractivity contribution in [3.63, 3.8) is 0 Å². The number of carbonyl (C=O) groups excluding carboxylic acids is 1. The highest BCUT2D eigenvalue weighted by Gasteiger charge is 2.39. The summed E-state index contributed by atoms with van der Waals surface area (Å²) in [6.07, 6.45) is -1.90. The number of rotatable bonds is 11. The van der Waals surface area contributed by atoms with Gasteiger partial charge < -0.3 is 35.0 Å². The lowest BCUT2D eigenvalue weighted by Gasteiger charge is -2.42. The predicted octanol–water partition coefficient (Wildman–Crippen LogP) is 5.64. The second-order valence-corrected chi connectivity index (χ2v) is 11.9. The first-order chi connectivity index (χ1) is 21.7. The van der Waals surface area contributed by atoms with Crippen molar-refractivity contribution in [2.45, 2.75) is 51.6 Å². The number of aromatic hydroxyl groups is 1. The number of hydrogen-bond acceptors (Lipinski definition) is 7. The summed E-state index contributed by atoms with van der Waals surface area (Å²) in [6.45, 7) is 4.97. The molecule has 0 aliphatic carbocycles. The van der Waals surface area contributed by atoms with Gasteiger partial charge in [0, 0.05) is 38.0 Å². The highest BCUT2D eigenvalue weighted by Crippen LogP contribution is 2.42. The molecule has 4 N–H and O–H groups in total. The van der Waals surface area contributed by atoms with Crippen LogP contribution in [0, 0.1) is 5.92 Å². The highest BCUT2D eigenvalue weighted by atomic mass is 16.7.